The zero-order chi connectivity index (χ0) is 11.7. The Kier molecular flexibility index (Phi) is 3.42. The smallest absolute Gasteiger partial charge is 0.245 e. The minimum Gasteiger partial charge on any atom is -0.342 e. The van der Waals surface area contributed by atoms with E-state index in [-0.39, 0.29) is 24.4 Å². The molecule has 1 aliphatic carbocycles. The van der Waals surface area contributed by atoms with E-state index in [0.717, 1.165) is 12.8 Å². The van der Waals surface area contributed by atoms with Crippen molar-refractivity contribution in [2.45, 2.75) is 31.1 Å². The highest BCUT2D eigenvalue weighted by atomic mass is 32.2. The number of carbonyl (C=O) groups excluding carboxylic acids is 2. The van der Waals surface area contributed by atoms with Crippen LogP contribution in [0.4, 0.5) is 0 Å². The molecule has 1 aliphatic heterocycles. The minimum absolute atomic E-state index is 0.00944. The second-order valence-electron chi connectivity index (χ2n) is 4.65. The van der Waals surface area contributed by atoms with Gasteiger partial charge in [-0.3, -0.25) is 9.59 Å². The van der Waals surface area contributed by atoms with Crippen LogP contribution in [0.5, 0.6) is 0 Å². The molecule has 2 amide bonds. The molecule has 2 aliphatic rings. The van der Waals surface area contributed by atoms with Crippen molar-refractivity contribution in [1.29, 1.82) is 0 Å². The van der Waals surface area contributed by atoms with Crippen LogP contribution < -0.4 is 5.32 Å². The van der Waals surface area contributed by atoms with Crippen molar-refractivity contribution in [2.75, 3.05) is 19.3 Å². The first-order valence-electron chi connectivity index (χ1n) is 5.72. The third-order valence-electron chi connectivity index (χ3n) is 3.20. The largest absolute Gasteiger partial charge is 0.342 e. The standard InChI is InChI=1S/C11H18N2O2S/c1-7(16-2)5-13-6-9(14)12-10(11(13)15)8-3-4-8/h7-8,10H,3-6H2,1-2H3,(H,12,14). The van der Waals surface area contributed by atoms with Gasteiger partial charge in [-0.15, -0.1) is 0 Å². The van der Waals surface area contributed by atoms with Gasteiger partial charge in [0.1, 0.15) is 6.04 Å². The van der Waals surface area contributed by atoms with Crippen molar-refractivity contribution >= 4 is 23.6 Å². The van der Waals surface area contributed by atoms with Crippen LogP contribution in [0.2, 0.25) is 0 Å². The first-order valence-corrected chi connectivity index (χ1v) is 7.01. The summed E-state index contributed by atoms with van der Waals surface area (Å²) in [5.74, 6) is 0.497. The molecule has 90 valence electrons. The van der Waals surface area contributed by atoms with Crippen LogP contribution >= 0.6 is 11.8 Å². The van der Waals surface area contributed by atoms with Crippen molar-refractivity contribution in [3.63, 3.8) is 0 Å². The van der Waals surface area contributed by atoms with E-state index in [4.69, 9.17) is 0 Å². The summed E-state index contributed by atoms with van der Waals surface area (Å²) in [6.07, 6.45) is 4.17. The minimum atomic E-state index is -0.240. The van der Waals surface area contributed by atoms with Crippen molar-refractivity contribution in [2.24, 2.45) is 5.92 Å². The van der Waals surface area contributed by atoms with Gasteiger partial charge in [0.2, 0.25) is 11.8 Å². The van der Waals surface area contributed by atoms with E-state index in [1.807, 2.05) is 6.26 Å². The summed E-state index contributed by atoms with van der Waals surface area (Å²) in [6, 6.07) is -0.240. The zero-order valence-corrected chi connectivity index (χ0v) is 10.5. The van der Waals surface area contributed by atoms with E-state index in [9.17, 15) is 9.59 Å². The highest BCUT2D eigenvalue weighted by molar-refractivity contribution is 7.99. The van der Waals surface area contributed by atoms with E-state index in [1.54, 1.807) is 16.7 Å². The van der Waals surface area contributed by atoms with Crippen LogP contribution in [0.25, 0.3) is 0 Å². The molecule has 2 fully saturated rings. The van der Waals surface area contributed by atoms with Crippen LogP contribution in [0, 0.1) is 5.92 Å². The fraction of sp³-hybridized carbons (Fsp3) is 0.818. The van der Waals surface area contributed by atoms with Crippen LogP contribution in [-0.4, -0.2) is 47.4 Å². The van der Waals surface area contributed by atoms with Crippen molar-refractivity contribution in [3.05, 3.63) is 0 Å². The quantitative estimate of drug-likeness (QED) is 0.780. The molecule has 1 saturated carbocycles. The number of piperazine rings is 1. The monoisotopic (exact) mass is 242 g/mol. The Balaban J connectivity index is 2.00. The lowest BCUT2D eigenvalue weighted by Gasteiger charge is -2.33. The molecule has 2 atom stereocenters. The average Bonchev–Trinajstić information content (AvgIpc) is 3.06. The Morgan fingerprint density at radius 2 is 2.19 bits per heavy atom. The second kappa shape index (κ2) is 4.65. The van der Waals surface area contributed by atoms with Gasteiger partial charge in [0.25, 0.3) is 0 Å². The van der Waals surface area contributed by atoms with Crippen LogP contribution in [0.1, 0.15) is 19.8 Å². The van der Waals surface area contributed by atoms with Crippen LogP contribution in [-0.2, 0) is 9.59 Å². The molecular weight excluding hydrogens is 224 g/mol. The molecular formula is C11H18N2O2S. The lowest BCUT2D eigenvalue weighted by atomic mass is 10.1. The second-order valence-corrected chi connectivity index (χ2v) is 5.92. The van der Waals surface area contributed by atoms with Gasteiger partial charge in [-0.2, -0.15) is 11.8 Å². The molecule has 0 aromatic heterocycles. The fourth-order valence-electron chi connectivity index (χ4n) is 2.02. The van der Waals surface area contributed by atoms with E-state index in [0.29, 0.717) is 17.7 Å². The molecule has 0 radical (unpaired) electrons. The SMILES string of the molecule is CSC(C)CN1CC(=O)NC(C2CC2)C1=O. The van der Waals surface area contributed by atoms with Gasteiger partial charge in [-0.25, -0.2) is 0 Å². The molecule has 0 bridgehead atoms. The molecule has 16 heavy (non-hydrogen) atoms. The summed E-state index contributed by atoms with van der Waals surface area (Å²) in [5.41, 5.74) is 0. The summed E-state index contributed by atoms with van der Waals surface area (Å²) in [4.78, 5) is 25.3. The zero-order valence-electron chi connectivity index (χ0n) is 9.73. The maximum absolute atomic E-state index is 12.1. The van der Waals surface area contributed by atoms with Gasteiger partial charge in [0.15, 0.2) is 0 Å². The Morgan fingerprint density at radius 1 is 1.50 bits per heavy atom. The van der Waals surface area contributed by atoms with Gasteiger partial charge in [-0.05, 0) is 25.0 Å². The highest BCUT2D eigenvalue weighted by Crippen LogP contribution is 2.34. The number of nitrogens with zero attached hydrogens (tertiary/aromatic N) is 1. The first kappa shape index (κ1) is 11.8. The van der Waals surface area contributed by atoms with Crippen LogP contribution in [0.15, 0.2) is 0 Å². The first-order chi connectivity index (χ1) is 7.61. The summed E-state index contributed by atoms with van der Waals surface area (Å²) < 4.78 is 0. The summed E-state index contributed by atoms with van der Waals surface area (Å²) in [5, 5.41) is 3.20. The Bertz CT molecular complexity index is 304. The molecule has 1 heterocycles. The number of amides is 2. The maximum atomic E-state index is 12.1. The average molecular weight is 242 g/mol. The van der Waals surface area contributed by atoms with E-state index in [1.165, 1.54) is 0 Å². The normalized spacial score (nSPS) is 27.9. The number of nitrogens with one attached hydrogen (secondary N) is 1. The van der Waals surface area contributed by atoms with Crippen molar-refractivity contribution in [1.82, 2.24) is 10.2 Å². The van der Waals surface area contributed by atoms with Crippen molar-refractivity contribution in [3.8, 4) is 0 Å². The molecule has 0 aromatic rings. The summed E-state index contributed by atoms with van der Waals surface area (Å²) in [7, 11) is 0. The Hall–Kier alpha value is -0.710. The lowest BCUT2D eigenvalue weighted by molar-refractivity contribution is -0.144. The van der Waals surface area contributed by atoms with Gasteiger partial charge in [-0.1, -0.05) is 6.92 Å². The van der Waals surface area contributed by atoms with Gasteiger partial charge < -0.3 is 10.2 Å². The highest BCUT2D eigenvalue weighted by Gasteiger charge is 2.42. The Morgan fingerprint density at radius 3 is 2.75 bits per heavy atom. The van der Waals surface area contributed by atoms with E-state index < -0.39 is 0 Å². The third kappa shape index (κ3) is 2.51. The van der Waals surface area contributed by atoms with Crippen LogP contribution in [0.3, 0.4) is 0 Å². The maximum Gasteiger partial charge on any atom is 0.245 e. The van der Waals surface area contributed by atoms with Crippen molar-refractivity contribution < 1.29 is 9.59 Å². The number of hydrogen-bond acceptors (Lipinski definition) is 3. The van der Waals surface area contributed by atoms with Gasteiger partial charge >= 0.3 is 0 Å². The molecule has 2 rings (SSSR count). The predicted molar refractivity (Wildman–Crippen MR) is 64.2 cm³/mol. The topological polar surface area (TPSA) is 49.4 Å². The molecule has 0 aromatic carbocycles. The molecule has 0 spiro atoms. The van der Waals surface area contributed by atoms with E-state index >= 15 is 0 Å². The molecule has 2 unspecified atom stereocenters. The number of rotatable bonds is 4. The predicted octanol–water partition coefficient (Wildman–Crippen LogP) is 0.475. The third-order valence-corrected chi connectivity index (χ3v) is 4.16. The Labute approximate surface area is 100 Å². The number of thioether (sulfide) groups is 1. The summed E-state index contributed by atoms with van der Waals surface area (Å²) >= 11 is 1.72. The lowest BCUT2D eigenvalue weighted by Crippen LogP contribution is -2.59. The molecule has 5 heteroatoms. The molecule has 1 N–H and O–H groups in total. The van der Waals surface area contributed by atoms with Gasteiger partial charge in [0, 0.05) is 11.8 Å². The fourth-order valence-corrected chi connectivity index (χ4v) is 2.35. The molecule has 1 saturated heterocycles. The van der Waals surface area contributed by atoms with Gasteiger partial charge in [0.05, 0.1) is 6.54 Å². The molecule has 4 nitrogen and oxygen atoms in total. The summed E-state index contributed by atoms with van der Waals surface area (Å²) in [6.45, 7) is 2.99. The number of hydrogen-bond donors (Lipinski definition) is 1. The van der Waals surface area contributed by atoms with E-state index in [2.05, 4.69) is 12.2 Å². The number of carbonyl (C=O) groups is 2.